The molecule has 1 aliphatic rings. The van der Waals surface area contributed by atoms with Crippen LogP contribution in [0.15, 0.2) is 48.8 Å². The Balaban J connectivity index is 1.65. The first-order valence-electron chi connectivity index (χ1n) is 11.2. The molecule has 1 N–H and O–H groups in total. The fourth-order valence-electron chi connectivity index (χ4n) is 3.98. The summed E-state index contributed by atoms with van der Waals surface area (Å²) in [6, 6.07) is 12.9. The monoisotopic (exact) mass is 474 g/mol. The average molecular weight is 475 g/mol. The van der Waals surface area contributed by atoms with Gasteiger partial charge in [-0.25, -0.2) is 9.37 Å². The van der Waals surface area contributed by atoms with Gasteiger partial charge in [0.25, 0.3) is 5.91 Å². The van der Waals surface area contributed by atoms with E-state index in [4.69, 9.17) is 9.47 Å². The van der Waals surface area contributed by atoms with Crippen molar-refractivity contribution in [3.8, 4) is 23.1 Å². The van der Waals surface area contributed by atoms with Crippen LogP contribution in [0.1, 0.15) is 41.0 Å². The third kappa shape index (κ3) is 4.60. The smallest absolute Gasteiger partial charge is 0.255 e. The summed E-state index contributed by atoms with van der Waals surface area (Å²) in [7, 11) is 1.51. The number of nitrogens with zero attached hydrogens (tertiary/aromatic N) is 3. The molecule has 1 amide bonds. The summed E-state index contributed by atoms with van der Waals surface area (Å²) in [6.07, 6.45) is 3.21. The first-order valence-corrected chi connectivity index (χ1v) is 11.2. The molecule has 1 saturated heterocycles. The highest BCUT2D eigenvalue weighted by molar-refractivity contribution is 6.04. The van der Waals surface area contributed by atoms with Crippen molar-refractivity contribution in [1.82, 2.24) is 9.97 Å². The lowest BCUT2D eigenvalue weighted by Crippen LogP contribution is -2.49. The Bertz CT molecular complexity index is 1310. The van der Waals surface area contributed by atoms with Gasteiger partial charge in [-0.1, -0.05) is 6.07 Å². The molecule has 4 rings (SSSR count). The largest absolute Gasteiger partial charge is 0.481 e. The molecule has 8 heteroatoms. The highest BCUT2D eigenvalue weighted by Crippen LogP contribution is 2.40. The van der Waals surface area contributed by atoms with Crippen LogP contribution in [-0.4, -0.2) is 42.9 Å². The lowest BCUT2D eigenvalue weighted by Gasteiger charge is -2.39. The summed E-state index contributed by atoms with van der Waals surface area (Å²) in [5, 5.41) is 12.3. The number of carbonyl (C=O) groups is 1. The number of hydrogen-bond acceptors (Lipinski definition) is 6. The second-order valence-corrected chi connectivity index (χ2v) is 9.34. The molecule has 0 bridgehead atoms. The zero-order valence-corrected chi connectivity index (χ0v) is 20.2. The Morgan fingerprint density at radius 1 is 1.26 bits per heavy atom. The summed E-state index contributed by atoms with van der Waals surface area (Å²) >= 11 is 0. The van der Waals surface area contributed by atoms with Gasteiger partial charge in [0.1, 0.15) is 6.67 Å². The second kappa shape index (κ2) is 9.43. The van der Waals surface area contributed by atoms with E-state index in [1.54, 1.807) is 32.2 Å². The highest BCUT2D eigenvalue weighted by Gasteiger charge is 2.43. The average Bonchev–Trinajstić information content (AvgIpc) is 2.85. The molecular formula is C27H27FN4O3. The Hall–Kier alpha value is -3.83. The Labute approximate surface area is 203 Å². The van der Waals surface area contributed by atoms with E-state index in [0.717, 1.165) is 16.7 Å². The zero-order chi connectivity index (χ0) is 25.2. The molecule has 0 spiro atoms. The molecule has 0 atom stereocenters. The first kappa shape index (κ1) is 24.3. The van der Waals surface area contributed by atoms with Crippen molar-refractivity contribution < 1.29 is 18.7 Å². The number of carbonyl (C=O) groups excluding carboxylic acids is 1. The van der Waals surface area contributed by atoms with E-state index in [1.165, 1.54) is 13.3 Å². The molecule has 7 nitrogen and oxygen atoms in total. The number of methoxy groups -OCH3 is 1. The molecule has 2 aromatic heterocycles. The summed E-state index contributed by atoms with van der Waals surface area (Å²) < 4.78 is 24.7. The number of rotatable bonds is 7. The van der Waals surface area contributed by atoms with Gasteiger partial charge in [0, 0.05) is 34.8 Å². The highest BCUT2D eigenvalue weighted by atomic mass is 19.1. The number of halogens is 1. The second-order valence-electron chi connectivity index (χ2n) is 9.34. The van der Waals surface area contributed by atoms with Crippen LogP contribution in [0.5, 0.6) is 5.88 Å². The van der Waals surface area contributed by atoms with E-state index < -0.39 is 17.5 Å². The van der Waals surface area contributed by atoms with Crippen LogP contribution >= 0.6 is 0 Å². The van der Waals surface area contributed by atoms with E-state index in [9.17, 15) is 14.4 Å². The number of alkyl halides is 1. The summed E-state index contributed by atoms with van der Waals surface area (Å²) in [6.45, 7) is 5.45. The van der Waals surface area contributed by atoms with Crippen molar-refractivity contribution in [3.05, 3.63) is 71.2 Å². The van der Waals surface area contributed by atoms with Gasteiger partial charge >= 0.3 is 0 Å². The molecule has 1 fully saturated rings. The number of anilines is 1. The minimum absolute atomic E-state index is 0.274. The Morgan fingerprint density at radius 3 is 2.66 bits per heavy atom. The number of nitrogens with one attached hydrogen (secondary N) is 1. The van der Waals surface area contributed by atoms with E-state index in [2.05, 4.69) is 21.4 Å². The van der Waals surface area contributed by atoms with E-state index in [1.807, 2.05) is 31.2 Å². The van der Waals surface area contributed by atoms with Crippen molar-refractivity contribution in [3.63, 3.8) is 0 Å². The summed E-state index contributed by atoms with van der Waals surface area (Å²) in [5.41, 5.74) is 3.24. The SMILES string of the molecule is COc1ncc(-c2cc(NC(=O)c3ccnc(C(C)(C)C#N)c3)ccc2C)cc1C1(CF)COC1. The number of nitriles is 1. The molecule has 1 aromatic carbocycles. The van der Waals surface area contributed by atoms with Gasteiger partial charge in [-0.15, -0.1) is 0 Å². The van der Waals surface area contributed by atoms with Gasteiger partial charge in [0.15, 0.2) is 0 Å². The molecule has 0 aliphatic carbocycles. The molecule has 3 aromatic rings. The number of aromatic nitrogens is 2. The van der Waals surface area contributed by atoms with Crippen molar-refractivity contribution in [2.45, 2.75) is 31.6 Å². The molecule has 180 valence electrons. The fraction of sp³-hybridized carbons (Fsp3) is 0.333. The standard InChI is InChI=1S/C27H27FN4O3/c1-17-5-6-20(32-24(33)18-7-8-30-23(10-18)26(2,3)14-29)11-21(17)19-9-22(25(34-4)31-12-19)27(13-28)15-35-16-27/h5-12H,13,15-16H2,1-4H3,(H,32,33). The van der Waals surface area contributed by atoms with Gasteiger partial charge in [0.05, 0.1) is 42.9 Å². The van der Waals surface area contributed by atoms with E-state index in [-0.39, 0.29) is 19.1 Å². The number of aryl methyl sites for hydroxylation is 1. The first-order chi connectivity index (χ1) is 16.7. The van der Waals surface area contributed by atoms with E-state index in [0.29, 0.717) is 28.4 Å². The van der Waals surface area contributed by atoms with Crippen LogP contribution in [0, 0.1) is 18.3 Å². The maximum atomic E-state index is 14.0. The van der Waals surface area contributed by atoms with Gasteiger partial charge in [-0.05, 0) is 62.2 Å². The minimum Gasteiger partial charge on any atom is -0.481 e. The Morgan fingerprint density at radius 2 is 2.03 bits per heavy atom. The van der Waals surface area contributed by atoms with Crippen LogP contribution in [0.3, 0.4) is 0 Å². The fourth-order valence-corrected chi connectivity index (χ4v) is 3.98. The molecular weight excluding hydrogens is 447 g/mol. The lowest BCUT2D eigenvalue weighted by atomic mass is 9.79. The van der Waals surface area contributed by atoms with Crippen molar-refractivity contribution in [2.24, 2.45) is 0 Å². The predicted octanol–water partition coefficient (Wildman–Crippen LogP) is 4.75. The van der Waals surface area contributed by atoms with E-state index >= 15 is 0 Å². The molecule has 1 aliphatic heterocycles. The van der Waals surface area contributed by atoms with Crippen LogP contribution < -0.4 is 10.1 Å². The zero-order valence-electron chi connectivity index (χ0n) is 20.2. The molecule has 3 heterocycles. The summed E-state index contributed by atoms with van der Waals surface area (Å²) in [4.78, 5) is 21.6. The van der Waals surface area contributed by atoms with Crippen molar-refractivity contribution >= 4 is 11.6 Å². The summed E-state index contributed by atoms with van der Waals surface area (Å²) in [5.74, 6) is 0.0688. The number of benzene rings is 1. The minimum atomic E-state index is -0.811. The maximum absolute atomic E-state index is 14.0. The number of ether oxygens (including phenoxy) is 2. The Kier molecular flexibility index (Phi) is 6.55. The maximum Gasteiger partial charge on any atom is 0.255 e. The normalized spacial score (nSPS) is 14.5. The van der Waals surface area contributed by atoms with Gasteiger partial charge in [-0.2, -0.15) is 5.26 Å². The molecule has 0 saturated carbocycles. The molecule has 35 heavy (non-hydrogen) atoms. The molecule has 0 unspecified atom stereocenters. The topological polar surface area (TPSA) is 97.1 Å². The van der Waals surface area contributed by atoms with Gasteiger partial charge in [0.2, 0.25) is 5.88 Å². The third-order valence-electron chi connectivity index (χ3n) is 6.38. The predicted molar refractivity (Wildman–Crippen MR) is 130 cm³/mol. The number of hydrogen-bond donors (Lipinski definition) is 1. The number of amides is 1. The third-order valence-corrected chi connectivity index (χ3v) is 6.38. The molecule has 0 radical (unpaired) electrons. The van der Waals surface area contributed by atoms with Crippen LogP contribution in [0.2, 0.25) is 0 Å². The lowest BCUT2D eigenvalue weighted by molar-refractivity contribution is -0.0716. The van der Waals surface area contributed by atoms with Gasteiger partial charge in [-0.3, -0.25) is 9.78 Å². The number of pyridine rings is 2. The van der Waals surface area contributed by atoms with Crippen molar-refractivity contribution in [1.29, 1.82) is 5.26 Å². The van der Waals surface area contributed by atoms with Gasteiger partial charge < -0.3 is 14.8 Å². The quantitative estimate of drug-likeness (QED) is 0.531. The van der Waals surface area contributed by atoms with Crippen LogP contribution in [-0.2, 0) is 15.6 Å². The van der Waals surface area contributed by atoms with Crippen LogP contribution in [0.25, 0.3) is 11.1 Å². The van der Waals surface area contributed by atoms with Crippen molar-refractivity contribution in [2.75, 3.05) is 32.3 Å². The van der Waals surface area contributed by atoms with Crippen LogP contribution in [0.4, 0.5) is 10.1 Å².